The molecule has 0 aliphatic carbocycles. The Hall–Kier alpha value is -2.63. The molecular formula is C23H17BrClNO3. The van der Waals surface area contributed by atoms with Gasteiger partial charge in [-0.2, -0.15) is 0 Å². The molecule has 1 heterocycles. The van der Waals surface area contributed by atoms with Crippen LogP contribution in [0.4, 0.5) is 0 Å². The summed E-state index contributed by atoms with van der Waals surface area (Å²) in [5.41, 5.74) is 5.02. The summed E-state index contributed by atoms with van der Waals surface area (Å²) >= 11 is 9.96. The van der Waals surface area contributed by atoms with Gasteiger partial charge in [-0.25, -0.2) is 4.98 Å². The van der Waals surface area contributed by atoms with E-state index in [4.69, 9.17) is 20.8 Å². The van der Waals surface area contributed by atoms with Crippen LogP contribution in [0.3, 0.4) is 0 Å². The van der Waals surface area contributed by atoms with Gasteiger partial charge in [-0.1, -0.05) is 48.0 Å². The van der Waals surface area contributed by atoms with Gasteiger partial charge in [0.1, 0.15) is 5.52 Å². The van der Waals surface area contributed by atoms with Crippen LogP contribution in [0.1, 0.15) is 12.5 Å². The number of benzene rings is 3. The van der Waals surface area contributed by atoms with Gasteiger partial charge in [-0.3, -0.25) is 4.79 Å². The number of ether oxygens (including phenoxy) is 1. The fourth-order valence-corrected chi connectivity index (χ4v) is 3.88. The summed E-state index contributed by atoms with van der Waals surface area (Å²) in [6.45, 7) is 2.12. The van der Waals surface area contributed by atoms with Crippen molar-refractivity contribution in [2.75, 3.05) is 6.61 Å². The van der Waals surface area contributed by atoms with Crippen molar-refractivity contribution in [2.45, 2.75) is 13.3 Å². The quantitative estimate of drug-likeness (QED) is 0.305. The molecular weight excluding hydrogens is 454 g/mol. The molecule has 0 atom stereocenters. The number of halogens is 2. The molecule has 146 valence electrons. The first-order valence-electron chi connectivity index (χ1n) is 9.15. The highest BCUT2D eigenvalue weighted by Gasteiger charge is 2.15. The summed E-state index contributed by atoms with van der Waals surface area (Å²) in [5.74, 6) is 0.164. The summed E-state index contributed by atoms with van der Waals surface area (Å²) in [5, 5.41) is 0.474. The van der Waals surface area contributed by atoms with E-state index in [9.17, 15) is 4.79 Å². The standard InChI is InChI=1S/C23H17BrClNO3/c1-2-28-21(27)13-15-8-9-16(11-19(15)25)23-26-20-12-17(10-18(24)22(20)29-23)14-6-4-3-5-7-14/h3-12H,2,13H2,1H3. The van der Waals surface area contributed by atoms with E-state index in [0.29, 0.717) is 28.7 Å². The van der Waals surface area contributed by atoms with E-state index in [1.807, 2.05) is 36.4 Å². The van der Waals surface area contributed by atoms with Crippen molar-refractivity contribution in [2.24, 2.45) is 0 Å². The second-order valence-electron chi connectivity index (χ2n) is 6.48. The number of carbonyl (C=O) groups excluding carboxylic acids is 1. The average molecular weight is 471 g/mol. The number of nitrogens with zero attached hydrogens (tertiary/aromatic N) is 1. The fourth-order valence-electron chi connectivity index (χ4n) is 3.10. The van der Waals surface area contributed by atoms with Crippen LogP contribution < -0.4 is 0 Å². The Morgan fingerprint density at radius 2 is 1.86 bits per heavy atom. The van der Waals surface area contributed by atoms with Crippen molar-refractivity contribution < 1.29 is 13.9 Å². The van der Waals surface area contributed by atoms with Crippen molar-refractivity contribution in [3.8, 4) is 22.6 Å². The molecule has 0 bridgehead atoms. The van der Waals surface area contributed by atoms with E-state index in [2.05, 4.69) is 33.0 Å². The summed E-state index contributed by atoms with van der Waals surface area (Å²) < 4.78 is 11.8. The zero-order valence-electron chi connectivity index (χ0n) is 15.6. The number of aromatic nitrogens is 1. The molecule has 4 nitrogen and oxygen atoms in total. The molecule has 0 fully saturated rings. The predicted molar refractivity (Wildman–Crippen MR) is 118 cm³/mol. The van der Waals surface area contributed by atoms with E-state index in [1.54, 1.807) is 19.1 Å². The first-order valence-corrected chi connectivity index (χ1v) is 10.3. The first-order chi connectivity index (χ1) is 14.0. The number of hydrogen-bond acceptors (Lipinski definition) is 4. The lowest BCUT2D eigenvalue weighted by Crippen LogP contribution is -2.07. The molecule has 29 heavy (non-hydrogen) atoms. The zero-order valence-corrected chi connectivity index (χ0v) is 18.0. The highest BCUT2D eigenvalue weighted by atomic mass is 79.9. The third-order valence-corrected chi connectivity index (χ3v) is 5.43. The van der Waals surface area contributed by atoms with E-state index in [1.165, 1.54) is 0 Å². The largest absolute Gasteiger partial charge is 0.466 e. The van der Waals surface area contributed by atoms with Crippen molar-refractivity contribution in [3.63, 3.8) is 0 Å². The van der Waals surface area contributed by atoms with Gasteiger partial charge in [0.2, 0.25) is 5.89 Å². The highest BCUT2D eigenvalue weighted by molar-refractivity contribution is 9.10. The molecule has 4 aromatic rings. The van der Waals surface area contributed by atoms with Gasteiger partial charge in [0.25, 0.3) is 0 Å². The normalized spacial score (nSPS) is 11.0. The Kier molecular flexibility index (Phi) is 5.69. The number of rotatable bonds is 5. The summed E-state index contributed by atoms with van der Waals surface area (Å²) in [7, 11) is 0. The maximum Gasteiger partial charge on any atom is 0.310 e. The summed E-state index contributed by atoms with van der Waals surface area (Å²) in [6.07, 6.45) is 0.131. The molecule has 0 saturated carbocycles. The van der Waals surface area contributed by atoms with Crippen molar-refractivity contribution in [1.29, 1.82) is 0 Å². The summed E-state index contributed by atoms with van der Waals surface area (Å²) in [6, 6.07) is 19.5. The minimum Gasteiger partial charge on any atom is -0.466 e. The molecule has 0 spiro atoms. The molecule has 0 unspecified atom stereocenters. The first kappa shape index (κ1) is 19.7. The van der Waals surface area contributed by atoms with Crippen LogP contribution in [-0.2, 0) is 16.0 Å². The smallest absolute Gasteiger partial charge is 0.310 e. The van der Waals surface area contributed by atoms with E-state index < -0.39 is 0 Å². The van der Waals surface area contributed by atoms with Crippen molar-refractivity contribution >= 4 is 44.6 Å². The van der Waals surface area contributed by atoms with Gasteiger partial charge in [-0.15, -0.1) is 0 Å². The Bertz CT molecular complexity index is 1190. The van der Waals surface area contributed by atoms with Crippen LogP contribution in [0, 0.1) is 0 Å². The number of carbonyl (C=O) groups is 1. The average Bonchev–Trinajstić information content (AvgIpc) is 3.15. The van der Waals surface area contributed by atoms with Gasteiger partial charge < -0.3 is 9.15 Å². The lowest BCUT2D eigenvalue weighted by Gasteiger charge is -2.05. The van der Waals surface area contributed by atoms with Gasteiger partial charge in [0, 0.05) is 10.6 Å². The van der Waals surface area contributed by atoms with Crippen LogP contribution in [-0.4, -0.2) is 17.6 Å². The third-order valence-electron chi connectivity index (χ3n) is 4.49. The third kappa shape index (κ3) is 4.21. The van der Waals surface area contributed by atoms with E-state index >= 15 is 0 Å². The maximum absolute atomic E-state index is 11.7. The van der Waals surface area contributed by atoms with E-state index in [0.717, 1.165) is 26.7 Å². The molecule has 4 rings (SSSR count). The number of fused-ring (bicyclic) bond motifs is 1. The molecule has 3 aromatic carbocycles. The summed E-state index contributed by atoms with van der Waals surface area (Å²) in [4.78, 5) is 16.4. The lowest BCUT2D eigenvalue weighted by molar-refractivity contribution is -0.142. The number of esters is 1. The van der Waals surface area contributed by atoms with Crippen LogP contribution in [0.15, 0.2) is 69.6 Å². The van der Waals surface area contributed by atoms with Crippen LogP contribution in [0.5, 0.6) is 0 Å². The highest BCUT2D eigenvalue weighted by Crippen LogP contribution is 2.35. The molecule has 0 aliphatic heterocycles. The number of oxazole rings is 1. The van der Waals surface area contributed by atoms with Gasteiger partial charge in [0.15, 0.2) is 5.58 Å². The zero-order chi connectivity index (χ0) is 20.4. The lowest BCUT2D eigenvalue weighted by atomic mass is 10.1. The van der Waals surface area contributed by atoms with Gasteiger partial charge >= 0.3 is 5.97 Å². The van der Waals surface area contributed by atoms with Gasteiger partial charge in [0.05, 0.1) is 17.5 Å². The fraction of sp³-hybridized carbons (Fsp3) is 0.130. The molecule has 0 amide bonds. The van der Waals surface area contributed by atoms with Crippen LogP contribution in [0.2, 0.25) is 5.02 Å². The van der Waals surface area contributed by atoms with Crippen LogP contribution in [0.25, 0.3) is 33.7 Å². The minimum absolute atomic E-state index is 0.131. The molecule has 1 aromatic heterocycles. The number of hydrogen-bond donors (Lipinski definition) is 0. The molecule has 0 aliphatic rings. The Balaban J connectivity index is 1.69. The monoisotopic (exact) mass is 469 g/mol. The topological polar surface area (TPSA) is 52.3 Å². The van der Waals surface area contributed by atoms with E-state index in [-0.39, 0.29) is 12.4 Å². The minimum atomic E-state index is -0.304. The SMILES string of the molecule is CCOC(=O)Cc1ccc(-c2nc3cc(-c4ccccc4)cc(Br)c3o2)cc1Cl. The van der Waals surface area contributed by atoms with Crippen LogP contribution >= 0.6 is 27.5 Å². The second kappa shape index (κ2) is 8.39. The Morgan fingerprint density at radius 1 is 1.07 bits per heavy atom. The molecule has 0 saturated heterocycles. The predicted octanol–water partition coefficient (Wildman–Crippen LogP) is 6.68. The Labute approximate surface area is 181 Å². The molecule has 0 N–H and O–H groups in total. The second-order valence-corrected chi connectivity index (χ2v) is 7.74. The maximum atomic E-state index is 11.7. The molecule has 6 heteroatoms. The van der Waals surface area contributed by atoms with Gasteiger partial charge in [-0.05, 0) is 63.8 Å². The van der Waals surface area contributed by atoms with Crippen molar-refractivity contribution in [3.05, 3.63) is 75.7 Å². The Morgan fingerprint density at radius 3 is 2.59 bits per heavy atom. The molecule has 0 radical (unpaired) electrons. The van der Waals surface area contributed by atoms with Crippen molar-refractivity contribution in [1.82, 2.24) is 4.98 Å².